The van der Waals surface area contributed by atoms with E-state index in [-0.39, 0.29) is 6.61 Å². The van der Waals surface area contributed by atoms with Gasteiger partial charge in [-0.25, -0.2) is 10.2 Å². The maximum atomic E-state index is 12.8. The number of amides is 1. The van der Waals surface area contributed by atoms with E-state index in [9.17, 15) is 9.59 Å². The van der Waals surface area contributed by atoms with Crippen LogP contribution < -0.4 is 14.9 Å². The lowest BCUT2D eigenvalue weighted by Crippen LogP contribution is -2.24. The molecular formula is C26H21ClN2O4S. The Morgan fingerprint density at radius 3 is 2.59 bits per heavy atom. The molecule has 0 unspecified atom stereocenters. The summed E-state index contributed by atoms with van der Waals surface area (Å²) in [6.07, 6.45) is 1.41. The second-order valence-electron chi connectivity index (χ2n) is 7.50. The van der Waals surface area contributed by atoms with Crippen LogP contribution in [-0.4, -0.2) is 24.7 Å². The van der Waals surface area contributed by atoms with Crippen molar-refractivity contribution in [3.8, 4) is 11.5 Å². The Morgan fingerprint density at radius 2 is 1.79 bits per heavy atom. The highest BCUT2D eigenvalue weighted by Crippen LogP contribution is 2.36. The Labute approximate surface area is 205 Å². The molecule has 0 saturated carbocycles. The summed E-state index contributed by atoms with van der Waals surface area (Å²) in [6, 6.07) is 20.0. The molecule has 0 atom stereocenters. The first-order chi connectivity index (χ1) is 16.4. The number of hydrogen-bond donors (Lipinski definition) is 1. The second kappa shape index (κ2) is 10.5. The number of benzene rings is 3. The van der Waals surface area contributed by atoms with E-state index < -0.39 is 11.9 Å². The second-order valence-corrected chi connectivity index (χ2v) is 8.93. The molecular weight excluding hydrogens is 472 g/mol. The molecule has 3 aromatic carbocycles. The molecule has 4 rings (SSSR count). The lowest BCUT2D eigenvalue weighted by Gasteiger charge is -2.08. The number of carbonyl (C=O) groups excluding carboxylic acids is 2. The minimum Gasteiger partial charge on any atom is -0.484 e. The van der Waals surface area contributed by atoms with Crippen LogP contribution in [0.25, 0.3) is 10.1 Å². The third-order valence-electron chi connectivity index (χ3n) is 5.08. The molecule has 0 fully saturated rings. The number of rotatable bonds is 7. The number of esters is 1. The SMILES string of the molecule is Cc1ccc(OCC(=O)N/N=C/c2ccccc2OC(=O)c2sc3ccccc3c2Cl)cc1C. The molecule has 1 aromatic heterocycles. The predicted octanol–water partition coefficient (Wildman–Crippen LogP) is 5.92. The highest BCUT2D eigenvalue weighted by atomic mass is 35.5. The van der Waals surface area contributed by atoms with Crippen LogP contribution in [0.3, 0.4) is 0 Å². The van der Waals surface area contributed by atoms with Gasteiger partial charge in [0.1, 0.15) is 16.4 Å². The Bertz CT molecular complexity index is 1400. The van der Waals surface area contributed by atoms with Gasteiger partial charge in [0.25, 0.3) is 5.91 Å². The van der Waals surface area contributed by atoms with Gasteiger partial charge in [-0.3, -0.25) is 4.79 Å². The third-order valence-corrected chi connectivity index (χ3v) is 6.74. The van der Waals surface area contributed by atoms with E-state index in [4.69, 9.17) is 21.1 Å². The van der Waals surface area contributed by atoms with Crippen molar-refractivity contribution < 1.29 is 19.1 Å². The first-order valence-electron chi connectivity index (χ1n) is 10.4. The average Bonchev–Trinajstić information content (AvgIpc) is 3.18. The normalized spacial score (nSPS) is 11.0. The summed E-state index contributed by atoms with van der Waals surface area (Å²) >= 11 is 7.66. The van der Waals surface area contributed by atoms with Gasteiger partial charge in [-0.1, -0.05) is 48.0 Å². The van der Waals surface area contributed by atoms with Gasteiger partial charge in [0.2, 0.25) is 0 Å². The molecule has 0 aliphatic rings. The molecule has 34 heavy (non-hydrogen) atoms. The van der Waals surface area contributed by atoms with E-state index in [1.807, 2.05) is 56.3 Å². The minimum atomic E-state index is -0.558. The van der Waals surface area contributed by atoms with Crippen molar-refractivity contribution in [3.63, 3.8) is 0 Å². The Morgan fingerprint density at radius 1 is 1.03 bits per heavy atom. The molecule has 172 valence electrons. The zero-order valence-corrected chi connectivity index (χ0v) is 20.1. The van der Waals surface area contributed by atoms with Crippen LogP contribution in [0.4, 0.5) is 0 Å². The number of aryl methyl sites for hydroxylation is 2. The number of thiophene rings is 1. The number of ether oxygens (including phenoxy) is 2. The summed E-state index contributed by atoms with van der Waals surface area (Å²) in [5, 5.41) is 5.13. The van der Waals surface area contributed by atoms with Gasteiger partial charge in [-0.15, -0.1) is 11.3 Å². The number of halogens is 1. The molecule has 0 saturated heterocycles. The van der Waals surface area contributed by atoms with Crippen molar-refractivity contribution in [2.45, 2.75) is 13.8 Å². The highest BCUT2D eigenvalue weighted by molar-refractivity contribution is 7.21. The average molecular weight is 493 g/mol. The molecule has 0 aliphatic heterocycles. The first-order valence-corrected chi connectivity index (χ1v) is 11.6. The monoisotopic (exact) mass is 492 g/mol. The molecule has 1 heterocycles. The molecule has 0 radical (unpaired) electrons. The molecule has 6 nitrogen and oxygen atoms in total. The van der Waals surface area contributed by atoms with Crippen molar-refractivity contribution in [3.05, 3.63) is 93.3 Å². The number of hydrazone groups is 1. The molecule has 0 bridgehead atoms. The zero-order chi connectivity index (χ0) is 24.1. The van der Waals surface area contributed by atoms with Gasteiger partial charge < -0.3 is 9.47 Å². The topological polar surface area (TPSA) is 77.0 Å². The number of carbonyl (C=O) groups is 2. The molecule has 1 amide bonds. The quantitative estimate of drug-likeness (QED) is 0.150. The van der Waals surface area contributed by atoms with Crippen LogP contribution in [-0.2, 0) is 4.79 Å². The fourth-order valence-electron chi connectivity index (χ4n) is 3.13. The minimum absolute atomic E-state index is 0.180. The number of nitrogens with one attached hydrogen (secondary N) is 1. The lowest BCUT2D eigenvalue weighted by atomic mass is 10.1. The number of fused-ring (bicyclic) bond motifs is 1. The first kappa shape index (κ1) is 23.5. The van der Waals surface area contributed by atoms with Crippen LogP contribution in [0.15, 0.2) is 71.8 Å². The largest absolute Gasteiger partial charge is 0.484 e. The van der Waals surface area contributed by atoms with E-state index in [0.29, 0.717) is 27.0 Å². The summed E-state index contributed by atoms with van der Waals surface area (Å²) in [7, 11) is 0. The van der Waals surface area contributed by atoms with E-state index in [0.717, 1.165) is 21.2 Å². The zero-order valence-electron chi connectivity index (χ0n) is 18.5. The van der Waals surface area contributed by atoms with E-state index in [2.05, 4.69) is 10.5 Å². The van der Waals surface area contributed by atoms with Gasteiger partial charge in [-0.2, -0.15) is 5.10 Å². The summed E-state index contributed by atoms with van der Waals surface area (Å²) in [5.41, 5.74) is 5.16. The van der Waals surface area contributed by atoms with Gasteiger partial charge >= 0.3 is 5.97 Å². The Kier molecular flexibility index (Phi) is 7.25. The van der Waals surface area contributed by atoms with Crippen LogP contribution in [0.2, 0.25) is 5.02 Å². The highest BCUT2D eigenvalue weighted by Gasteiger charge is 2.19. The number of nitrogens with zero attached hydrogens (tertiary/aromatic N) is 1. The Balaban J connectivity index is 1.38. The van der Waals surface area contributed by atoms with Crippen molar-refractivity contribution in [1.29, 1.82) is 0 Å². The van der Waals surface area contributed by atoms with Crippen molar-refractivity contribution in [1.82, 2.24) is 5.43 Å². The third kappa shape index (κ3) is 5.44. The summed E-state index contributed by atoms with van der Waals surface area (Å²) in [5.74, 6) is -0.0660. The van der Waals surface area contributed by atoms with Gasteiger partial charge in [0.05, 0.1) is 11.2 Å². The van der Waals surface area contributed by atoms with E-state index in [1.165, 1.54) is 17.6 Å². The maximum absolute atomic E-state index is 12.8. The van der Waals surface area contributed by atoms with Crippen molar-refractivity contribution in [2.75, 3.05) is 6.61 Å². The van der Waals surface area contributed by atoms with Crippen LogP contribution in [0.1, 0.15) is 26.4 Å². The number of para-hydroxylation sites is 1. The number of hydrogen-bond acceptors (Lipinski definition) is 6. The molecule has 0 aliphatic carbocycles. The fourth-order valence-corrected chi connectivity index (χ4v) is 4.52. The van der Waals surface area contributed by atoms with Crippen LogP contribution >= 0.6 is 22.9 Å². The summed E-state index contributed by atoms with van der Waals surface area (Å²) in [6.45, 7) is 3.80. The van der Waals surface area contributed by atoms with E-state index in [1.54, 1.807) is 24.3 Å². The molecule has 4 aromatic rings. The van der Waals surface area contributed by atoms with E-state index >= 15 is 0 Å². The van der Waals surface area contributed by atoms with Crippen LogP contribution in [0, 0.1) is 13.8 Å². The molecule has 8 heteroatoms. The fraction of sp³-hybridized carbons (Fsp3) is 0.115. The Hall–Kier alpha value is -3.68. The molecule has 0 spiro atoms. The van der Waals surface area contributed by atoms with Gasteiger partial charge in [-0.05, 0) is 55.3 Å². The predicted molar refractivity (Wildman–Crippen MR) is 135 cm³/mol. The maximum Gasteiger partial charge on any atom is 0.355 e. The smallest absolute Gasteiger partial charge is 0.355 e. The van der Waals surface area contributed by atoms with Crippen LogP contribution in [0.5, 0.6) is 11.5 Å². The summed E-state index contributed by atoms with van der Waals surface area (Å²) in [4.78, 5) is 25.2. The van der Waals surface area contributed by atoms with Crippen molar-refractivity contribution in [2.24, 2.45) is 5.10 Å². The molecule has 1 N–H and O–H groups in total. The summed E-state index contributed by atoms with van der Waals surface area (Å²) < 4.78 is 12.0. The standard InChI is InChI=1S/C26H21ClN2O4S/c1-16-11-12-19(13-17(16)2)32-15-23(30)29-28-14-18-7-3-5-9-21(18)33-26(31)25-24(27)20-8-4-6-10-22(20)34-25/h3-14H,15H2,1-2H3,(H,29,30)/b28-14+. The van der Waals surface area contributed by atoms with Crippen molar-refractivity contribution >= 4 is 51.1 Å². The van der Waals surface area contributed by atoms with Gasteiger partial charge in [0.15, 0.2) is 6.61 Å². The lowest BCUT2D eigenvalue weighted by molar-refractivity contribution is -0.123. The van der Waals surface area contributed by atoms with Gasteiger partial charge in [0, 0.05) is 15.6 Å².